The maximum absolute atomic E-state index is 11.8. The molecule has 0 atom stereocenters. The number of likely N-dealkylation sites (tertiary alicyclic amines) is 1. The lowest BCUT2D eigenvalue weighted by atomic mass is 9.88. The van der Waals surface area contributed by atoms with Crippen molar-refractivity contribution in [2.75, 3.05) is 27.2 Å². The van der Waals surface area contributed by atoms with Gasteiger partial charge in [-0.05, 0) is 56.6 Å². The molecule has 0 aliphatic carbocycles. The van der Waals surface area contributed by atoms with Crippen LogP contribution in [0.4, 0.5) is 0 Å². The van der Waals surface area contributed by atoms with Crippen LogP contribution in [-0.2, 0) is 0 Å². The van der Waals surface area contributed by atoms with Crippen LogP contribution < -0.4 is 4.74 Å². The van der Waals surface area contributed by atoms with Gasteiger partial charge in [-0.15, -0.1) is 0 Å². The Bertz CT molecular complexity index is 526. The first-order chi connectivity index (χ1) is 9.65. The number of carbonyl (C=O) groups excluding carboxylic acids is 1. The first-order valence-corrected chi connectivity index (χ1v) is 6.92. The third kappa shape index (κ3) is 3.17. The van der Waals surface area contributed by atoms with Crippen LogP contribution in [0.15, 0.2) is 18.2 Å². The minimum atomic E-state index is -0.181. The Labute approximate surface area is 120 Å². The number of piperidine rings is 1. The first-order valence-electron chi connectivity index (χ1n) is 6.92. The zero-order chi connectivity index (χ0) is 14.5. The Hall–Kier alpha value is -1.86. The van der Waals surface area contributed by atoms with Crippen LogP contribution in [0.1, 0.15) is 41.1 Å². The molecule has 0 radical (unpaired) electrons. The second-order valence-electron chi connectivity index (χ2n) is 5.30. The number of nitrogens with zero attached hydrogens (tertiary/aromatic N) is 2. The van der Waals surface area contributed by atoms with Crippen molar-refractivity contribution in [3.63, 3.8) is 0 Å². The van der Waals surface area contributed by atoms with Crippen LogP contribution in [0.2, 0.25) is 0 Å². The number of ether oxygens (including phenoxy) is 1. The van der Waals surface area contributed by atoms with Crippen molar-refractivity contribution in [1.29, 1.82) is 5.26 Å². The minimum absolute atomic E-state index is 0.107. The second kappa shape index (κ2) is 6.53. The highest BCUT2D eigenvalue weighted by molar-refractivity contribution is 5.99. The van der Waals surface area contributed by atoms with Gasteiger partial charge in [0.15, 0.2) is 5.78 Å². The fraction of sp³-hybridized carbons (Fsp3) is 0.500. The molecule has 20 heavy (non-hydrogen) atoms. The standard InChI is InChI=1S/C16H20N2O2/c1-18-9-6-12(7-10-18)13-3-4-14(15(19)5-8-17)16(11-13)20-2/h3-4,11-12H,5-7,9-10H2,1-2H3. The Morgan fingerprint density at radius 3 is 2.75 bits per heavy atom. The fourth-order valence-corrected chi connectivity index (χ4v) is 2.70. The lowest BCUT2D eigenvalue weighted by Gasteiger charge is -2.29. The third-order valence-electron chi connectivity index (χ3n) is 3.96. The van der Waals surface area contributed by atoms with Crippen molar-refractivity contribution in [1.82, 2.24) is 4.90 Å². The fourth-order valence-electron chi connectivity index (χ4n) is 2.70. The van der Waals surface area contributed by atoms with Crippen molar-refractivity contribution in [2.45, 2.75) is 25.2 Å². The van der Waals surface area contributed by atoms with Crippen LogP contribution in [0.5, 0.6) is 5.75 Å². The Morgan fingerprint density at radius 2 is 2.15 bits per heavy atom. The molecular weight excluding hydrogens is 252 g/mol. The first kappa shape index (κ1) is 14.5. The normalized spacial score (nSPS) is 16.6. The summed E-state index contributed by atoms with van der Waals surface area (Å²) in [5.74, 6) is 0.932. The molecule has 0 unspecified atom stereocenters. The van der Waals surface area contributed by atoms with Crippen LogP contribution in [0.3, 0.4) is 0 Å². The maximum atomic E-state index is 11.8. The summed E-state index contributed by atoms with van der Waals surface area (Å²) in [4.78, 5) is 14.2. The largest absolute Gasteiger partial charge is 0.496 e. The summed E-state index contributed by atoms with van der Waals surface area (Å²) in [6.45, 7) is 2.20. The molecule has 1 aromatic carbocycles. The van der Waals surface area contributed by atoms with Crippen LogP contribution in [0, 0.1) is 11.3 Å². The van der Waals surface area contributed by atoms with E-state index in [4.69, 9.17) is 10.00 Å². The quantitative estimate of drug-likeness (QED) is 0.791. The van der Waals surface area contributed by atoms with E-state index in [9.17, 15) is 4.79 Å². The van der Waals surface area contributed by atoms with Gasteiger partial charge in [0.25, 0.3) is 0 Å². The van der Waals surface area contributed by atoms with Gasteiger partial charge in [-0.2, -0.15) is 5.26 Å². The Balaban J connectivity index is 2.21. The Kier molecular flexibility index (Phi) is 4.75. The molecule has 1 saturated heterocycles. The van der Waals surface area contributed by atoms with Crippen molar-refractivity contribution in [3.8, 4) is 11.8 Å². The number of hydrogen-bond acceptors (Lipinski definition) is 4. The monoisotopic (exact) mass is 272 g/mol. The van der Waals surface area contributed by atoms with E-state index < -0.39 is 0 Å². The number of rotatable bonds is 4. The average molecular weight is 272 g/mol. The summed E-state index contributed by atoms with van der Waals surface area (Å²) >= 11 is 0. The highest BCUT2D eigenvalue weighted by Gasteiger charge is 2.20. The lowest BCUT2D eigenvalue weighted by molar-refractivity contribution is 0.0995. The van der Waals surface area contributed by atoms with E-state index in [0.29, 0.717) is 17.2 Å². The topological polar surface area (TPSA) is 53.3 Å². The number of ketones is 1. The highest BCUT2D eigenvalue weighted by Crippen LogP contribution is 2.31. The summed E-state index contributed by atoms with van der Waals surface area (Å²) in [5.41, 5.74) is 1.73. The number of carbonyl (C=O) groups is 1. The van der Waals surface area contributed by atoms with Gasteiger partial charge in [0.2, 0.25) is 0 Å². The van der Waals surface area contributed by atoms with E-state index >= 15 is 0 Å². The second-order valence-corrected chi connectivity index (χ2v) is 5.30. The molecule has 1 aliphatic heterocycles. The molecule has 4 nitrogen and oxygen atoms in total. The van der Waals surface area contributed by atoms with E-state index in [2.05, 4.69) is 11.9 Å². The van der Waals surface area contributed by atoms with Crippen LogP contribution >= 0.6 is 0 Å². The SMILES string of the molecule is COc1cc(C2CCN(C)CC2)ccc1C(=O)CC#N. The van der Waals surface area contributed by atoms with Crippen molar-refractivity contribution >= 4 is 5.78 Å². The van der Waals surface area contributed by atoms with Crippen molar-refractivity contribution in [3.05, 3.63) is 29.3 Å². The maximum Gasteiger partial charge on any atom is 0.180 e. The highest BCUT2D eigenvalue weighted by atomic mass is 16.5. The third-order valence-corrected chi connectivity index (χ3v) is 3.96. The number of benzene rings is 1. The van der Waals surface area contributed by atoms with Crippen LogP contribution in [0.25, 0.3) is 0 Å². The zero-order valence-electron chi connectivity index (χ0n) is 12.1. The molecule has 4 heteroatoms. The number of hydrogen-bond donors (Lipinski definition) is 0. The molecular formula is C16H20N2O2. The van der Waals surface area contributed by atoms with E-state index in [1.54, 1.807) is 13.2 Å². The molecule has 0 spiro atoms. The summed E-state index contributed by atoms with van der Waals surface area (Å²) in [7, 11) is 3.71. The molecule has 1 heterocycles. The molecule has 1 aromatic rings. The molecule has 2 rings (SSSR count). The van der Waals surface area contributed by atoms with Crippen LogP contribution in [-0.4, -0.2) is 37.9 Å². The predicted molar refractivity (Wildman–Crippen MR) is 77.0 cm³/mol. The summed E-state index contributed by atoms with van der Waals surface area (Å²) in [5, 5.41) is 8.63. The molecule has 106 valence electrons. The van der Waals surface area contributed by atoms with Gasteiger partial charge in [-0.3, -0.25) is 4.79 Å². The van der Waals surface area contributed by atoms with Crippen molar-refractivity contribution in [2.24, 2.45) is 0 Å². The summed E-state index contributed by atoms with van der Waals surface area (Å²) in [6, 6.07) is 7.65. The van der Waals surface area contributed by atoms with E-state index in [-0.39, 0.29) is 12.2 Å². The molecule has 0 aromatic heterocycles. The molecule has 0 saturated carbocycles. The molecule has 0 amide bonds. The molecule has 0 N–H and O–H groups in total. The zero-order valence-corrected chi connectivity index (χ0v) is 12.1. The molecule has 1 fully saturated rings. The number of methoxy groups -OCH3 is 1. The van der Waals surface area contributed by atoms with Gasteiger partial charge in [-0.1, -0.05) is 6.07 Å². The minimum Gasteiger partial charge on any atom is -0.496 e. The smallest absolute Gasteiger partial charge is 0.180 e. The molecule has 1 aliphatic rings. The van der Waals surface area contributed by atoms with Crippen molar-refractivity contribution < 1.29 is 9.53 Å². The van der Waals surface area contributed by atoms with E-state index in [1.807, 2.05) is 18.2 Å². The number of Topliss-reactive ketones (excluding diaryl/α,β-unsaturated/α-hetero) is 1. The predicted octanol–water partition coefficient (Wildman–Crippen LogP) is 2.60. The van der Waals surface area contributed by atoms with Gasteiger partial charge in [0.1, 0.15) is 5.75 Å². The van der Waals surface area contributed by atoms with E-state index in [1.165, 1.54) is 5.56 Å². The summed E-state index contributed by atoms with van der Waals surface area (Å²) < 4.78 is 5.32. The van der Waals surface area contributed by atoms with E-state index in [0.717, 1.165) is 25.9 Å². The van der Waals surface area contributed by atoms with Gasteiger partial charge < -0.3 is 9.64 Å². The van der Waals surface area contributed by atoms with Gasteiger partial charge in [0, 0.05) is 0 Å². The summed E-state index contributed by atoms with van der Waals surface area (Å²) in [6.07, 6.45) is 2.15. The average Bonchev–Trinajstić information content (AvgIpc) is 2.47. The molecule has 0 bridgehead atoms. The number of nitriles is 1. The lowest BCUT2D eigenvalue weighted by Crippen LogP contribution is -2.29. The Morgan fingerprint density at radius 1 is 1.45 bits per heavy atom. The van der Waals surface area contributed by atoms with Gasteiger partial charge in [0.05, 0.1) is 25.2 Å². The van der Waals surface area contributed by atoms with Gasteiger partial charge >= 0.3 is 0 Å². The van der Waals surface area contributed by atoms with Gasteiger partial charge in [-0.25, -0.2) is 0 Å².